The number of fused-ring (bicyclic) bond motifs is 1. The Morgan fingerprint density at radius 2 is 2.00 bits per heavy atom. The zero-order valence-corrected chi connectivity index (χ0v) is 9.66. The first-order valence-corrected chi connectivity index (χ1v) is 5.29. The van der Waals surface area contributed by atoms with E-state index in [4.69, 9.17) is 5.11 Å². The number of alkyl halides is 5. The van der Waals surface area contributed by atoms with Crippen molar-refractivity contribution in [1.82, 2.24) is 9.55 Å². The van der Waals surface area contributed by atoms with Gasteiger partial charge in [0.25, 0.3) is 6.43 Å². The minimum atomic E-state index is -4.95. The molecule has 0 aliphatic carbocycles. The highest BCUT2D eigenvalue weighted by Crippen LogP contribution is 2.32. The summed E-state index contributed by atoms with van der Waals surface area (Å²) < 4.78 is 63.5. The van der Waals surface area contributed by atoms with Crippen LogP contribution in [-0.2, 0) is 12.7 Å². The lowest BCUT2D eigenvalue weighted by Gasteiger charge is -2.10. The van der Waals surface area contributed by atoms with Crippen LogP contribution in [0.25, 0.3) is 11.0 Å². The molecular weight excluding hydrogens is 287 g/mol. The van der Waals surface area contributed by atoms with Gasteiger partial charge in [0.2, 0.25) is 5.82 Å². The molecular formula is C11H7F5N2O2. The summed E-state index contributed by atoms with van der Waals surface area (Å²) in [5, 5.41) is 8.89. The van der Waals surface area contributed by atoms with Gasteiger partial charge in [-0.1, -0.05) is 6.07 Å². The quantitative estimate of drug-likeness (QED) is 0.885. The predicted octanol–water partition coefficient (Wildman–Crippen LogP) is 3.02. The molecule has 0 aliphatic rings. The molecule has 0 saturated heterocycles. The van der Waals surface area contributed by atoms with E-state index in [2.05, 4.69) is 4.98 Å². The fourth-order valence-corrected chi connectivity index (χ4v) is 1.86. The summed E-state index contributed by atoms with van der Waals surface area (Å²) >= 11 is 0. The standard InChI is InChI=1S/C11H7F5N2O2/c12-7(13)4-18-6-3-1-2-5(9(19)20)8(6)17-10(18)11(14,15)16/h1-3,7H,4H2,(H,19,20). The Morgan fingerprint density at radius 1 is 1.35 bits per heavy atom. The van der Waals surface area contributed by atoms with E-state index in [0.717, 1.165) is 12.1 Å². The number of carboxylic acid groups (broad SMARTS) is 1. The molecule has 0 unspecified atom stereocenters. The number of aromatic carboxylic acids is 1. The number of hydrogen-bond acceptors (Lipinski definition) is 2. The van der Waals surface area contributed by atoms with Crippen LogP contribution in [-0.4, -0.2) is 27.1 Å². The highest BCUT2D eigenvalue weighted by molar-refractivity contribution is 6.01. The van der Waals surface area contributed by atoms with Crippen molar-refractivity contribution in [3.05, 3.63) is 29.6 Å². The number of halogens is 5. The number of aromatic nitrogens is 2. The van der Waals surface area contributed by atoms with Crippen molar-refractivity contribution >= 4 is 17.0 Å². The topological polar surface area (TPSA) is 55.1 Å². The first-order chi connectivity index (χ1) is 9.21. The normalized spacial score (nSPS) is 12.3. The third-order valence-corrected chi connectivity index (χ3v) is 2.58. The van der Waals surface area contributed by atoms with E-state index in [1.807, 2.05) is 0 Å². The second kappa shape index (κ2) is 4.73. The van der Waals surface area contributed by atoms with Crippen molar-refractivity contribution in [2.24, 2.45) is 0 Å². The van der Waals surface area contributed by atoms with Crippen LogP contribution in [0.5, 0.6) is 0 Å². The van der Waals surface area contributed by atoms with E-state index in [0.29, 0.717) is 0 Å². The van der Waals surface area contributed by atoms with Crippen molar-refractivity contribution < 1.29 is 31.9 Å². The summed E-state index contributed by atoms with van der Waals surface area (Å²) in [7, 11) is 0. The Kier molecular flexibility index (Phi) is 3.36. The van der Waals surface area contributed by atoms with E-state index in [9.17, 15) is 26.7 Å². The molecule has 0 saturated carbocycles. The Bertz CT molecular complexity index is 663. The minimum absolute atomic E-state index is 0.284. The summed E-state index contributed by atoms with van der Waals surface area (Å²) in [5.41, 5.74) is -1.23. The summed E-state index contributed by atoms with van der Waals surface area (Å²) in [6.07, 6.45) is -7.98. The van der Waals surface area contributed by atoms with Gasteiger partial charge in [0.15, 0.2) is 0 Å². The van der Waals surface area contributed by atoms with Crippen molar-refractivity contribution in [3.63, 3.8) is 0 Å². The molecule has 1 heterocycles. The molecule has 0 atom stereocenters. The van der Waals surface area contributed by atoms with Gasteiger partial charge < -0.3 is 9.67 Å². The van der Waals surface area contributed by atoms with E-state index >= 15 is 0 Å². The number of benzene rings is 1. The molecule has 0 aliphatic heterocycles. The molecule has 1 N–H and O–H groups in total. The van der Waals surface area contributed by atoms with Crippen LogP contribution in [0.4, 0.5) is 22.0 Å². The summed E-state index contributed by atoms with van der Waals surface area (Å²) in [6, 6.07) is 3.35. The van der Waals surface area contributed by atoms with Gasteiger partial charge in [0, 0.05) is 0 Å². The van der Waals surface area contributed by atoms with Crippen LogP contribution in [0.1, 0.15) is 16.2 Å². The van der Waals surface area contributed by atoms with Crippen LogP contribution < -0.4 is 0 Å². The van der Waals surface area contributed by atoms with Crippen molar-refractivity contribution in [2.45, 2.75) is 19.1 Å². The van der Waals surface area contributed by atoms with E-state index in [1.54, 1.807) is 0 Å². The minimum Gasteiger partial charge on any atom is -0.478 e. The number of rotatable bonds is 3. The first kappa shape index (κ1) is 14.2. The van der Waals surface area contributed by atoms with Crippen LogP contribution in [0.2, 0.25) is 0 Å². The molecule has 2 aromatic rings. The number of para-hydroxylation sites is 1. The molecule has 1 aromatic carbocycles. The van der Waals surface area contributed by atoms with Gasteiger partial charge >= 0.3 is 12.1 Å². The molecule has 2 rings (SSSR count). The number of nitrogens with zero attached hydrogens (tertiary/aromatic N) is 2. The van der Waals surface area contributed by atoms with E-state index < -0.39 is 42.0 Å². The monoisotopic (exact) mass is 294 g/mol. The van der Waals surface area contributed by atoms with Gasteiger partial charge in [-0.3, -0.25) is 0 Å². The summed E-state index contributed by atoms with van der Waals surface area (Å²) in [5.74, 6) is -3.02. The van der Waals surface area contributed by atoms with Gasteiger partial charge in [0.05, 0.1) is 17.6 Å². The maximum atomic E-state index is 12.8. The molecule has 20 heavy (non-hydrogen) atoms. The largest absolute Gasteiger partial charge is 0.478 e. The highest BCUT2D eigenvalue weighted by atomic mass is 19.4. The molecule has 0 radical (unpaired) electrons. The highest BCUT2D eigenvalue weighted by Gasteiger charge is 2.38. The van der Waals surface area contributed by atoms with Gasteiger partial charge in [-0.25, -0.2) is 18.6 Å². The van der Waals surface area contributed by atoms with Crippen LogP contribution in [0.15, 0.2) is 18.2 Å². The Morgan fingerprint density at radius 3 is 2.50 bits per heavy atom. The number of carboxylic acids is 1. The van der Waals surface area contributed by atoms with E-state index in [1.165, 1.54) is 6.07 Å². The fourth-order valence-electron chi connectivity index (χ4n) is 1.86. The zero-order chi connectivity index (χ0) is 15.1. The number of carbonyl (C=O) groups is 1. The Hall–Kier alpha value is -2.19. The van der Waals surface area contributed by atoms with Gasteiger partial charge in [-0.15, -0.1) is 0 Å². The van der Waals surface area contributed by atoms with Gasteiger partial charge in [-0.2, -0.15) is 13.2 Å². The van der Waals surface area contributed by atoms with Gasteiger partial charge in [-0.05, 0) is 12.1 Å². The molecule has 9 heteroatoms. The van der Waals surface area contributed by atoms with Crippen molar-refractivity contribution in [3.8, 4) is 0 Å². The molecule has 0 amide bonds. The lowest BCUT2D eigenvalue weighted by Crippen LogP contribution is -2.17. The maximum Gasteiger partial charge on any atom is 0.449 e. The average Bonchev–Trinajstić information content (AvgIpc) is 2.67. The lowest BCUT2D eigenvalue weighted by atomic mass is 10.2. The Balaban J connectivity index is 2.78. The SMILES string of the molecule is O=C(O)c1cccc2c1nc(C(F)(F)F)n2CC(F)F. The molecule has 108 valence electrons. The predicted molar refractivity (Wildman–Crippen MR) is 57.7 cm³/mol. The third-order valence-electron chi connectivity index (χ3n) is 2.58. The molecule has 1 aromatic heterocycles. The number of imidazole rings is 1. The first-order valence-electron chi connectivity index (χ1n) is 5.29. The van der Waals surface area contributed by atoms with Crippen LogP contribution in [0.3, 0.4) is 0 Å². The zero-order valence-electron chi connectivity index (χ0n) is 9.66. The molecule has 0 bridgehead atoms. The maximum absolute atomic E-state index is 12.8. The molecule has 0 spiro atoms. The van der Waals surface area contributed by atoms with Crippen LogP contribution >= 0.6 is 0 Å². The lowest BCUT2D eigenvalue weighted by molar-refractivity contribution is -0.147. The smallest absolute Gasteiger partial charge is 0.449 e. The third kappa shape index (κ3) is 2.43. The summed E-state index contributed by atoms with van der Waals surface area (Å²) in [4.78, 5) is 14.1. The van der Waals surface area contributed by atoms with Crippen molar-refractivity contribution in [1.29, 1.82) is 0 Å². The molecule has 0 fully saturated rings. The molecule has 4 nitrogen and oxygen atoms in total. The summed E-state index contributed by atoms with van der Waals surface area (Å²) in [6.45, 7) is -1.21. The van der Waals surface area contributed by atoms with Gasteiger partial charge in [0.1, 0.15) is 5.52 Å². The van der Waals surface area contributed by atoms with Crippen LogP contribution in [0, 0.1) is 0 Å². The fraction of sp³-hybridized carbons (Fsp3) is 0.273. The second-order valence-corrected chi connectivity index (χ2v) is 3.91. The Labute approximate surface area is 108 Å². The second-order valence-electron chi connectivity index (χ2n) is 3.91. The number of hydrogen-bond donors (Lipinski definition) is 1. The van der Waals surface area contributed by atoms with E-state index in [-0.39, 0.29) is 10.1 Å². The van der Waals surface area contributed by atoms with Crippen molar-refractivity contribution in [2.75, 3.05) is 0 Å². The average molecular weight is 294 g/mol.